The Morgan fingerprint density at radius 1 is 1.43 bits per heavy atom. The lowest BCUT2D eigenvalue weighted by molar-refractivity contribution is -0.144. The van der Waals surface area contributed by atoms with Gasteiger partial charge in [-0.15, -0.1) is 0 Å². The maximum atomic E-state index is 11.6. The van der Waals surface area contributed by atoms with Crippen LogP contribution in [0.5, 0.6) is 0 Å². The summed E-state index contributed by atoms with van der Waals surface area (Å²) in [5.41, 5.74) is 6.27. The van der Waals surface area contributed by atoms with Gasteiger partial charge in [0, 0.05) is 38.6 Å². The van der Waals surface area contributed by atoms with Crippen molar-refractivity contribution in [1.82, 2.24) is 10.2 Å². The minimum atomic E-state index is -1.14. The Morgan fingerprint density at radius 3 is 2.83 bits per heavy atom. The van der Waals surface area contributed by atoms with Crippen LogP contribution in [-0.2, 0) is 11.3 Å². The highest BCUT2D eigenvalue weighted by molar-refractivity contribution is 6.08. The fourth-order valence-corrected chi connectivity index (χ4v) is 3.23. The fraction of sp³-hybridized carbons (Fsp3) is 0.588. The molecule has 2 rings (SSSR count). The average Bonchev–Trinajstić information content (AvgIpc) is 2.88. The second-order valence-electron chi connectivity index (χ2n) is 6.37. The number of carbonyl (C=O) groups is 1. The zero-order chi connectivity index (χ0) is 16.7. The van der Waals surface area contributed by atoms with Gasteiger partial charge in [-0.25, -0.2) is 0 Å². The summed E-state index contributed by atoms with van der Waals surface area (Å²) < 4.78 is 0. The van der Waals surface area contributed by atoms with E-state index in [1.807, 2.05) is 18.2 Å². The summed E-state index contributed by atoms with van der Waals surface area (Å²) in [6, 6.07) is 10.2. The van der Waals surface area contributed by atoms with Gasteiger partial charge in [-0.1, -0.05) is 43.1 Å². The van der Waals surface area contributed by atoms with Crippen molar-refractivity contribution in [2.45, 2.75) is 31.2 Å². The molecular formula is C17H26BN3O2. The number of hydrogen-bond acceptors (Lipinski definition) is 4. The molecule has 23 heavy (non-hydrogen) atoms. The third-order valence-corrected chi connectivity index (χ3v) is 4.62. The van der Waals surface area contributed by atoms with Crippen molar-refractivity contribution < 1.29 is 9.90 Å². The number of aliphatic carboxylic acids is 1. The zero-order valence-corrected chi connectivity index (χ0v) is 13.6. The van der Waals surface area contributed by atoms with E-state index >= 15 is 0 Å². The van der Waals surface area contributed by atoms with E-state index in [9.17, 15) is 9.90 Å². The molecule has 1 aromatic rings. The second-order valence-corrected chi connectivity index (χ2v) is 6.37. The van der Waals surface area contributed by atoms with E-state index in [-0.39, 0.29) is 5.92 Å². The van der Waals surface area contributed by atoms with Gasteiger partial charge in [0.2, 0.25) is 0 Å². The van der Waals surface area contributed by atoms with Crippen molar-refractivity contribution in [2.24, 2.45) is 11.7 Å². The number of nitrogens with zero attached hydrogens (tertiary/aromatic N) is 1. The van der Waals surface area contributed by atoms with Crippen LogP contribution in [0.15, 0.2) is 30.3 Å². The lowest BCUT2D eigenvalue weighted by Gasteiger charge is -2.25. The van der Waals surface area contributed by atoms with E-state index in [4.69, 9.17) is 13.6 Å². The van der Waals surface area contributed by atoms with E-state index < -0.39 is 11.5 Å². The molecule has 1 aliphatic heterocycles. The molecule has 1 saturated heterocycles. The van der Waals surface area contributed by atoms with E-state index in [1.165, 1.54) is 5.56 Å². The molecular weight excluding hydrogens is 289 g/mol. The summed E-state index contributed by atoms with van der Waals surface area (Å²) >= 11 is 0. The number of carboxylic acids is 1. The quantitative estimate of drug-likeness (QED) is 0.465. The molecule has 0 amide bonds. The molecule has 2 atom stereocenters. The molecule has 1 heterocycles. The van der Waals surface area contributed by atoms with Crippen molar-refractivity contribution in [1.29, 1.82) is 0 Å². The highest BCUT2D eigenvalue weighted by atomic mass is 16.4. The van der Waals surface area contributed by atoms with Crippen LogP contribution in [0.4, 0.5) is 0 Å². The summed E-state index contributed by atoms with van der Waals surface area (Å²) in [5.74, 6) is -0.933. The molecule has 124 valence electrons. The highest BCUT2D eigenvalue weighted by Gasteiger charge is 2.48. The largest absolute Gasteiger partial charge is 0.480 e. The average molecular weight is 315 g/mol. The third kappa shape index (κ3) is 4.80. The van der Waals surface area contributed by atoms with Crippen molar-refractivity contribution in [3.63, 3.8) is 0 Å². The summed E-state index contributed by atoms with van der Waals surface area (Å²) in [7, 11) is 5.55. The number of nitrogens with two attached hydrogens (primary N) is 1. The molecule has 0 unspecified atom stereocenters. The lowest BCUT2D eigenvalue weighted by Crippen LogP contribution is -2.54. The monoisotopic (exact) mass is 315 g/mol. The van der Waals surface area contributed by atoms with Crippen molar-refractivity contribution >= 4 is 13.8 Å². The molecule has 5 nitrogen and oxygen atoms in total. The lowest BCUT2D eigenvalue weighted by atomic mass is 9.83. The van der Waals surface area contributed by atoms with Gasteiger partial charge in [-0.3, -0.25) is 9.69 Å². The fourth-order valence-electron chi connectivity index (χ4n) is 3.23. The summed E-state index contributed by atoms with van der Waals surface area (Å²) in [6.07, 6.45) is 2.16. The number of benzene rings is 1. The Balaban J connectivity index is 1.78. The Hall–Kier alpha value is -1.37. The molecule has 1 fully saturated rings. The van der Waals surface area contributed by atoms with Crippen molar-refractivity contribution in [3.8, 4) is 0 Å². The first kappa shape index (κ1) is 18.0. The van der Waals surface area contributed by atoms with E-state index in [0.717, 1.165) is 39.0 Å². The molecule has 0 aromatic heterocycles. The number of rotatable bonds is 9. The van der Waals surface area contributed by atoms with Crippen LogP contribution in [0.1, 0.15) is 18.4 Å². The van der Waals surface area contributed by atoms with Crippen LogP contribution in [0.25, 0.3) is 0 Å². The van der Waals surface area contributed by atoms with Crippen molar-refractivity contribution in [2.75, 3.05) is 26.2 Å². The Morgan fingerprint density at radius 2 is 2.17 bits per heavy atom. The van der Waals surface area contributed by atoms with Gasteiger partial charge in [0.15, 0.2) is 0 Å². The van der Waals surface area contributed by atoms with Gasteiger partial charge in [-0.2, -0.15) is 0 Å². The SMILES string of the molecule is [B]CCC[C@H]1CN(CCNCc2ccccc2)C[C@@]1(N)C(=O)O. The molecule has 1 aromatic carbocycles. The molecule has 0 aliphatic carbocycles. The van der Waals surface area contributed by atoms with Crippen LogP contribution in [-0.4, -0.2) is 55.5 Å². The molecule has 4 N–H and O–H groups in total. The minimum absolute atomic E-state index is 0.0299. The molecule has 1 aliphatic rings. The third-order valence-electron chi connectivity index (χ3n) is 4.62. The van der Waals surface area contributed by atoms with E-state index in [0.29, 0.717) is 12.9 Å². The Labute approximate surface area is 139 Å². The van der Waals surface area contributed by atoms with Gasteiger partial charge < -0.3 is 16.2 Å². The maximum Gasteiger partial charge on any atom is 0.325 e. The standard InChI is InChI=1S/C17H26BN3O2/c18-8-4-7-15-12-21(13-17(15,19)16(22)23)10-9-20-11-14-5-2-1-3-6-14/h1-3,5-6,15,20H,4,7-13,19H2,(H,22,23)/t15-,17-/m0/s1. The molecule has 0 saturated carbocycles. The van der Waals surface area contributed by atoms with Gasteiger partial charge >= 0.3 is 5.97 Å². The first-order chi connectivity index (χ1) is 11.1. The first-order valence-electron chi connectivity index (χ1n) is 8.25. The number of carboxylic acid groups (broad SMARTS) is 1. The number of nitrogens with one attached hydrogen (secondary N) is 1. The highest BCUT2D eigenvalue weighted by Crippen LogP contribution is 2.29. The summed E-state index contributed by atoms with van der Waals surface area (Å²) in [4.78, 5) is 13.7. The van der Waals surface area contributed by atoms with E-state index in [1.54, 1.807) is 0 Å². The zero-order valence-electron chi connectivity index (χ0n) is 13.6. The van der Waals surface area contributed by atoms with Gasteiger partial charge in [0.05, 0.1) is 7.85 Å². The van der Waals surface area contributed by atoms with E-state index in [2.05, 4.69) is 22.3 Å². The predicted octanol–water partition coefficient (Wildman–Crippen LogP) is 0.857. The summed E-state index contributed by atoms with van der Waals surface area (Å²) in [5, 5.41) is 12.9. The van der Waals surface area contributed by atoms with Crippen LogP contribution < -0.4 is 11.1 Å². The minimum Gasteiger partial charge on any atom is -0.480 e. The maximum absolute atomic E-state index is 11.6. The Kier molecular flexibility index (Phi) is 6.63. The van der Waals surface area contributed by atoms with Gasteiger partial charge in [0.1, 0.15) is 5.54 Å². The normalized spacial score (nSPS) is 24.8. The smallest absolute Gasteiger partial charge is 0.325 e. The number of hydrogen-bond donors (Lipinski definition) is 3. The van der Waals surface area contributed by atoms with Crippen molar-refractivity contribution in [3.05, 3.63) is 35.9 Å². The van der Waals surface area contributed by atoms with Crippen LogP contribution >= 0.6 is 0 Å². The topological polar surface area (TPSA) is 78.6 Å². The van der Waals surface area contributed by atoms with Crippen LogP contribution in [0.3, 0.4) is 0 Å². The predicted molar refractivity (Wildman–Crippen MR) is 92.4 cm³/mol. The first-order valence-corrected chi connectivity index (χ1v) is 8.25. The number of likely N-dealkylation sites (tertiary alicyclic amines) is 1. The van der Waals surface area contributed by atoms with Gasteiger partial charge in [0.25, 0.3) is 0 Å². The second kappa shape index (κ2) is 8.48. The molecule has 0 bridgehead atoms. The Bertz CT molecular complexity index is 500. The van der Waals surface area contributed by atoms with Crippen LogP contribution in [0, 0.1) is 5.92 Å². The van der Waals surface area contributed by atoms with Gasteiger partial charge in [-0.05, 0) is 12.0 Å². The summed E-state index contributed by atoms with van der Waals surface area (Å²) in [6.45, 7) is 3.57. The molecule has 6 heteroatoms. The molecule has 2 radical (unpaired) electrons. The molecule has 0 spiro atoms. The van der Waals surface area contributed by atoms with Crippen LogP contribution in [0.2, 0.25) is 6.32 Å².